The van der Waals surface area contributed by atoms with Crippen molar-refractivity contribution >= 4 is 29.0 Å². The molecule has 0 aliphatic heterocycles. The number of aliphatic imine (C=N–C) groups is 2. The average Bonchev–Trinajstić information content (AvgIpc) is 2.79. The number of guanidine groups is 1. The molecule has 0 bridgehead atoms. The first kappa shape index (κ1) is 14.5. The fourth-order valence-corrected chi connectivity index (χ4v) is 2.36. The van der Waals surface area contributed by atoms with Gasteiger partial charge in [0.2, 0.25) is 5.78 Å². The smallest absolute Gasteiger partial charge is 0.201 e. The van der Waals surface area contributed by atoms with Crippen LogP contribution in [0, 0.1) is 0 Å². The third kappa shape index (κ3) is 2.69. The molecule has 6 heteroatoms. The number of nitrogens with two attached hydrogens (primary N) is 2. The van der Waals surface area contributed by atoms with Crippen LogP contribution >= 0.6 is 0 Å². The summed E-state index contributed by atoms with van der Waals surface area (Å²) in [6.45, 7) is 0. The van der Waals surface area contributed by atoms with Crippen LogP contribution in [0.1, 0.15) is 15.9 Å². The SMILES string of the molecule is NC(N)=NC(=Nc1ccccc1)C1=C(O)c2ccccc2C1=O. The highest BCUT2D eigenvalue weighted by Gasteiger charge is 2.32. The molecule has 114 valence electrons. The molecule has 2 aromatic rings. The Morgan fingerprint density at radius 2 is 1.52 bits per heavy atom. The Morgan fingerprint density at radius 3 is 2.13 bits per heavy atom. The van der Waals surface area contributed by atoms with E-state index in [9.17, 15) is 9.90 Å². The number of amidine groups is 1. The maximum atomic E-state index is 12.6. The first-order chi connectivity index (χ1) is 11.1. The molecule has 23 heavy (non-hydrogen) atoms. The van der Waals surface area contributed by atoms with Gasteiger partial charge in [0.25, 0.3) is 0 Å². The summed E-state index contributed by atoms with van der Waals surface area (Å²) in [4.78, 5) is 20.8. The number of aliphatic hydroxyl groups is 1. The van der Waals surface area contributed by atoms with E-state index < -0.39 is 0 Å². The second-order valence-electron chi connectivity index (χ2n) is 4.91. The summed E-state index contributed by atoms with van der Waals surface area (Å²) < 4.78 is 0. The van der Waals surface area contributed by atoms with Gasteiger partial charge in [-0.25, -0.2) is 4.99 Å². The zero-order valence-electron chi connectivity index (χ0n) is 12.1. The van der Waals surface area contributed by atoms with Gasteiger partial charge in [-0.2, -0.15) is 4.99 Å². The van der Waals surface area contributed by atoms with Gasteiger partial charge in [-0.3, -0.25) is 4.79 Å². The Kier molecular flexibility index (Phi) is 3.64. The van der Waals surface area contributed by atoms with Crippen molar-refractivity contribution in [1.82, 2.24) is 0 Å². The number of carbonyl (C=O) groups is 1. The van der Waals surface area contributed by atoms with Crippen molar-refractivity contribution in [2.24, 2.45) is 21.5 Å². The third-order valence-corrected chi connectivity index (χ3v) is 3.34. The molecule has 0 radical (unpaired) electrons. The van der Waals surface area contributed by atoms with Crippen LogP contribution in [0.15, 0.2) is 70.2 Å². The first-order valence-electron chi connectivity index (χ1n) is 6.89. The monoisotopic (exact) mass is 306 g/mol. The summed E-state index contributed by atoms with van der Waals surface area (Å²) in [7, 11) is 0. The van der Waals surface area contributed by atoms with E-state index in [4.69, 9.17) is 11.5 Å². The van der Waals surface area contributed by atoms with Crippen LogP contribution in [-0.4, -0.2) is 22.7 Å². The Morgan fingerprint density at radius 1 is 0.913 bits per heavy atom. The van der Waals surface area contributed by atoms with E-state index in [0.29, 0.717) is 16.8 Å². The Bertz CT molecular complexity index is 863. The van der Waals surface area contributed by atoms with Gasteiger partial charge < -0.3 is 16.6 Å². The lowest BCUT2D eigenvalue weighted by Gasteiger charge is -2.03. The number of nitrogens with zero attached hydrogens (tertiary/aromatic N) is 2. The van der Waals surface area contributed by atoms with E-state index in [-0.39, 0.29) is 28.9 Å². The van der Waals surface area contributed by atoms with Crippen LogP contribution in [0.4, 0.5) is 5.69 Å². The molecule has 0 spiro atoms. The molecule has 6 nitrogen and oxygen atoms in total. The largest absolute Gasteiger partial charge is 0.506 e. The van der Waals surface area contributed by atoms with Crippen LogP contribution < -0.4 is 11.5 Å². The highest BCUT2D eigenvalue weighted by Crippen LogP contribution is 2.32. The second-order valence-corrected chi connectivity index (χ2v) is 4.91. The van der Waals surface area contributed by atoms with Crippen molar-refractivity contribution in [3.8, 4) is 0 Å². The lowest BCUT2D eigenvalue weighted by Crippen LogP contribution is -2.25. The second kappa shape index (κ2) is 5.76. The van der Waals surface area contributed by atoms with E-state index in [1.807, 2.05) is 6.07 Å². The van der Waals surface area contributed by atoms with E-state index >= 15 is 0 Å². The molecule has 0 saturated carbocycles. The minimum absolute atomic E-state index is 0.0107. The van der Waals surface area contributed by atoms with Gasteiger partial charge in [0.05, 0.1) is 5.69 Å². The normalized spacial score (nSPS) is 13.9. The van der Waals surface area contributed by atoms with E-state index in [1.165, 1.54) is 0 Å². The molecule has 0 atom stereocenters. The molecule has 2 aromatic carbocycles. The number of ketones is 1. The van der Waals surface area contributed by atoms with Gasteiger partial charge in [0.15, 0.2) is 11.8 Å². The van der Waals surface area contributed by atoms with Crippen LogP contribution in [0.2, 0.25) is 0 Å². The van der Waals surface area contributed by atoms with E-state index in [0.717, 1.165) is 0 Å². The van der Waals surface area contributed by atoms with Crippen LogP contribution in [0.25, 0.3) is 5.76 Å². The molecule has 1 aliphatic carbocycles. The number of benzene rings is 2. The average molecular weight is 306 g/mol. The summed E-state index contributed by atoms with van der Waals surface area (Å²) in [5, 5.41) is 10.4. The van der Waals surface area contributed by atoms with E-state index in [1.54, 1.807) is 48.5 Å². The lowest BCUT2D eigenvalue weighted by atomic mass is 10.1. The Labute approximate surface area is 132 Å². The number of Topliss-reactive ketones (excluding diaryl/α,β-unsaturated/α-hetero) is 1. The molecule has 3 rings (SSSR count). The maximum Gasteiger partial charge on any atom is 0.201 e. The fourth-order valence-electron chi connectivity index (χ4n) is 2.36. The number of carbonyl (C=O) groups excluding carboxylic acids is 1. The molecule has 0 unspecified atom stereocenters. The molecule has 0 fully saturated rings. The van der Waals surface area contributed by atoms with Crippen molar-refractivity contribution in [3.05, 3.63) is 71.3 Å². The number of para-hydroxylation sites is 1. The third-order valence-electron chi connectivity index (χ3n) is 3.34. The predicted molar refractivity (Wildman–Crippen MR) is 89.7 cm³/mol. The number of fused-ring (bicyclic) bond motifs is 1. The zero-order valence-corrected chi connectivity index (χ0v) is 12.1. The van der Waals surface area contributed by atoms with Gasteiger partial charge in [-0.05, 0) is 12.1 Å². The highest BCUT2D eigenvalue weighted by atomic mass is 16.3. The first-order valence-corrected chi connectivity index (χ1v) is 6.89. The van der Waals surface area contributed by atoms with Crippen LogP contribution in [-0.2, 0) is 0 Å². The van der Waals surface area contributed by atoms with Crippen LogP contribution in [0.3, 0.4) is 0 Å². The van der Waals surface area contributed by atoms with E-state index in [2.05, 4.69) is 9.98 Å². The Hall–Kier alpha value is -3.41. The summed E-state index contributed by atoms with van der Waals surface area (Å²) in [5.41, 5.74) is 12.3. The van der Waals surface area contributed by atoms with Crippen molar-refractivity contribution in [3.63, 3.8) is 0 Å². The molecular formula is C17H14N4O2. The standard InChI is InChI=1S/C17H14N4O2/c18-17(19)21-16(20-10-6-2-1-3-7-10)13-14(22)11-8-4-5-9-12(11)15(13)23/h1-9,22H,(H4,18,19,20,21). The van der Waals surface area contributed by atoms with Crippen molar-refractivity contribution < 1.29 is 9.90 Å². The van der Waals surface area contributed by atoms with Crippen molar-refractivity contribution in [2.45, 2.75) is 0 Å². The summed E-state index contributed by atoms with van der Waals surface area (Å²) in [5.74, 6) is -0.804. The van der Waals surface area contributed by atoms with Crippen LogP contribution in [0.5, 0.6) is 0 Å². The minimum Gasteiger partial charge on any atom is -0.506 e. The molecule has 0 aromatic heterocycles. The quantitative estimate of drug-likeness (QED) is 0.582. The van der Waals surface area contributed by atoms with Crippen molar-refractivity contribution in [2.75, 3.05) is 0 Å². The number of rotatable bonds is 2. The highest BCUT2D eigenvalue weighted by molar-refractivity contribution is 6.36. The van der Waals surface area contributed by atoms with Gasteiger partial charge in [0.1, 0.15) is 11.3 Å². The molecule has 1 aliphatic rings. The maximum absolute atomic E-state index is 12.6. The van der Waals surface area contributed by atoms with Gasteiger partial charge in [-0.1, -0.05) is 42.5 Å². The molecule has 5 N–H and O–H groups in total. The van der Waals surface area contributed by atoms with Gasteiger partial charge in [0, 0.05) is 11.1 Å². The number of hydrogen-bond acceptors (Lipinski definition) is 3. The topological polar surface area (TPSA) is 114 Å². The summed E-state index contributed by atoms with van der Waals surface area (Å²) >= 11 is 0. The lowest BCUT2D eigenvalue weighted by molar-refractivity contribution is 0.104. The molecule has 0 amide bonds. The number of aliphatic hydroxyl groups excluding tert-OH is 1. The predicted octanol–water partition coefficient (Wildman–Crippen LogP) is 2.16. The summed E-state index contributed by atoms with van der Waals surface area (Å²) in [6, 6.07) is 15.7. The zero-order chi connectivity index (χ0) is 16.4. The van der Waals surface area contributed by atoms with Gasteiger partial charge in [-0.15, -0.1) is 0 Å². The molecule has 0 saturated heterocycles. The van der Waals surface area contributed by atoms with Crippen molar-refractivity contribution in [1.29, 1.82) is 0 Å². The minimum atomic E-state index is -0.363. The summed E-state index contributed by atoms with van der Waals surface area (Å²) in [6.07, 6.45) is 0. The van der Waals surface area contributed by atoms with Gasteiger partial charge >= 0.3 is 0 Å². The number of hydrogen-bond donors (Lipinski definition) is 3. The molecule has 0 heterocycles. The fraction of sp³-hybridized carbons (Fsp3) is 0. The Balaban J connectivity index is 2.16. The molecular weight excluding hydrogens is 292 g/mol.